The van der Waals surface area contributed by atoms with Gasteiger partial charge in [-0.3, -0.25) is 9.69 Å². The number of amides is 1. The fourth-order valence-electron chi connectivity index (χ4n) is 3.98. The minimum atomic E-state index is -3.55. The Morgan fingerprint density at radius 2 is 1.74 bits per heavy atom. The summed E-state index contributed by atoms with van der Waals surface area (Å²) in [7, 11) is -1.93. The van der Waals surface area contributed by atoms with Crippen LogP contribution in [0.25, 0.3) is 10.2 Å². The van der Waals surface area contributed by atoms with Gasteiger partial charge in [0.15, 0.2) is 5.13 Å². The summed E-state index contributed by atoms with van der Waals surface area (Å²) in [4.78, 5) is 22.6. The standard InChI is InChI=1S/C25H32N4O3S2/c1-5-28(6-2)16-17-29(25-26-23-18(3)8-7-9-22(23)33-25)24(30)19-10-14-21(15-11-19)34(31,32)27(4)20-12-13-20/h7-11,14-15,20H,5-6,12-13,16-17H2,1-4H3. The molecule has 1 aliphatic rings. The normalized spacial score (nSPS) is 14.3. The second kappa shape index (κ2) is 10.1. The predicted octanol–water partition coefficient (Wildman–Crippen LogP) is 4.38. The topological polar surface area (TPSA) is 73.8 Å². The fraction of sp³-hybridized carbons (Fsp3) is 0.440. The van der Waals surface area contributed by atoms with E-state index in [1.807, 2.05) is 25.1 Å². The van der Waals surface area contributed by atoms with Gasteiger partial charge in [-0.25, -0.2) is 13.4 Å². The van der Waals surface area contributed by atoms with Crippen LogP contribution in [0.3, 0.4) is 0 Å². The van der Waals surface area contributed by atoms with Crippen molar-refractivity contribution >= 4 is 42.6 Å². The van der Waals surface area contributed by atoms with E-state index in [-0.39, 0.29) is 16.8 Å². The fourth-order valence-corrected chi connectivity index (χ4v) is 6.47. The van der Waals surface area contributed by atoms with Gasteiger partial charge in [0.25, 0.3) is 5.91 Å². The number of fused-ring (bicyclic) bond motifs is 1. The Labute approximate surface area is 206 Å². The van der Waals surface area contributed by atoms with E-state index in [0.717, 1.165) is 48.3 Å². The van der Waals surface area contributed by atoms with Crippen LogP contribution in [0.5, 0.6) is 0 Å². The molecule has 1 saturated carbocycles. The number of aryl methyl sites for hydroxylation is 1. The molecule has 0 bridgehead atoms. The van der Waals surface area contributed by atoms with Crippen LogP contribution < -0.4 is 4.90 Å². The Morgan fingerprint density at radius 1 is 1.06 bits per heavy atom. The van der Waals surface area contributed by atoms with Crippen LogP contribution in [0.4, 0.5) is 5.13 Å². The largest absolute Gasteiger partial charge is 0.302 e. The molecule has 34 heavy (non-hydrogen) atoms. The molecule has 1 aromatic heterocycles. The third-order valence-electron chi connectivity index (χ3n) is 6.46. The number of rotatable bonds is 10. The molecule has 1 amide bonds. The number of hydrogen-bond donors (Lipinski definition) is 0. The molecule has 1 fully saturated rings. The number of anilines is 1. The van der Waals surface area contributed by atoms with E-state index >= 15 is 0 Å². The van der Waals surface area contributed by atoms with Crippen LogP contribution in [-0.4, -0.2) is 67.8 Å². The van der Waals surface area contributed by atoms with Gasteiger partial charge in [0.2, 0.25) is 10.0 Å². The van der Waals surface area contributed by atoms with E-state index < -0.39 is 10.0 Å². The van der Waals surface area contributed by atoms with Crippen molar-refractivity contribution < 1.29 is 13.2 Å². The maximum absolute atomic E-state index is 13.6. The lowest BCUT2D eigenvalue weighted by Crippen LogP contribution is -2.39. The number of carbonyl (C=O) groups excluding carboxylic acids is 1. The maximum atomic E-state index is 13.6. The van der Waals surface area contributed by atoms with Gasteiger partial charge in [-0.1, -0.05) is 37.3 Å². The predicted molar refractivity (Wildman–Crippen MR) is 138 cm³/mol. The van der Waals surface area contributed by atoms with Gasteiger partial charge >= 0.3 is 0 Å². The monoisotopic (exact) mass is 500 g/mol. The van der Waals surface area contributed by atoms with E-state index in [2.05, 4.69) is 18.7 Å². The summed E-state index contributed by atoms with van der Waals surface area (Å²) in [5.74, 6) is -0.177. The van der Waals surface area contributed by atoms with E-state index in [0.29, 0.717) is 17.2 Å². The summed E-state index contributed by atoms with van der Waals surface area (Å²) in [6.07, 6.45) is 1.80. The van der Waals surface area contributed by atoms with Crippen molar-refractivity contribution in [2.75, 3.05) is 38.1 Å². The molecule has 0 N–H and O–H groups in total. The smallest absolute Gasteiger partial charge is 0.260 e. The summed E-state index contributed by atoms with van der Waals surface area (Å²) >= 11 is 1.50. The molecule has 4 rings (SSSR count). The summed E-state index contributed by atoms with van der Waals surface area (Å²) in [6.45, 7) is 9.27. The molecule has 3 aromatic rings. The zero-order valence-electron chi connectivity index (χ0n) is 20.2. The van der Waals surface area contributed by atoms with Crippen molar-refractivity contribution in [2.24, 2.45) is 0 Å². The molecular weight excluding hydrogens is 468 g/mol. The number of para-hydroxylation sites is 1. The first-order chi connectivity index (χ1) is 16.3. The van der Waals surface area contributed by atoms with Crippen molar-refractivity contribution in [1.29, 1.82) is 0 Å². The third kappa shape index (κ3) is 5.02. The van der Waals surface area contributed by atoms with E-state index in [1.165, 1.54) is 27.8 Å². The van der Waals surface area contributed by atoms with Crippen molar-refractivity contribution in [1.82, 2.24) is 14.2 Å². The average Bonchev–Trinajstić information content (AvgIpc) is 3.60. The third-order valence-corrected chi connectivity index (χ3v) is 9.43. The van der Waals surface area contributed by atoms with Crippen LogP contribution in [0, 0.1) is 6.92 Å². The highest BCUT2D eigenvalue weighted by Crippen LogP contribution is 2.32. The number of nitrogens with zero attached hydrogens (tertiary/aromatic N) is 4. The minimum Gasteiger partial charge on any atom is -0.302 e. The molecule has 7 nitrogen and oxygen atoms in total. The zero-order valence-corrected chi connectivity index (χ0v) is 21.8. The molecule has 0 spiro atoms. The Balaban J connectivity index is 1.63. The molecule has 9 heteroatoms. The molecule has 0 saturated heterocycles. The van der Waals surface area contributed by atoms with Gasteiger partial charge in [-0.2, -0.15) is 4.31 Å². The van der Waals surface area contributed by atoms with Crippen molar-refractivity contribution in [3.63, 3.8) is 0 Å². The summed E-state index contributed by atoms with van der Waals surface area (Å²) < 4.78 is 28.2. The number of sulfonamides is 1. The highest BCUT2D eigenvalue weighted by molar-refractivity contribution is 7.89. The molecule has 0 unspecified atom stereocenters. The number of aromatic nitrogens is 1. The molecule has 0 radical (unpaired) electrons. The molecule has 182 valence electrons. The quantitative estimate of drug-likeness (QED) is 0.413. The highest BCUT2D eigenvalue weighted by atomic mass is 32.2. The molecule has 1 heterocycles. The van der Waals surface area contributed by atoms with Crippen molar-refractivity contribution in [3.05, 3.63) is 53.6 Å². The maximum Gasteiger partial charge on any atom is 0.260 e. The second-order valence-electron chi connectivity index (χ2n) is 8.68. The van der Waals surface area contributed by atoms with Gasteiger partial charge in [0.1, 0.15) is 0 Å². The Kier molecular flexibility index (Phi) is 7.37. The molecular formula is C25H32N4O3S2. The average molecular weight is 501 g/mol. The van der Waals surface area contributed by atoms with E-state index in [1.54, 1.807) is 24.1 Å². The lowest BCUT2D eigenvalue weighted by Gasteiger charge is -2.25. The first-order valence-corrected chi connectivity index (χ1v) is 14.0. The molecule has 0 aliphatic heterocycles. The van der Waals surface area contributed by atoms with Crippen molar-refractivity contribution in [2.45, 2.75) is 44.6 Å². The van der Waals surface area contributed by atoms with Gasteiger partial charge in [-0.05, 0) is 68.8 Å². The summed E-state index contributed by atoms with van der Waals surface area (Å²) in [5.41, 5.74) is 2.43. The first-order valence-electron chi connectivity index (χ1n) is 11.7. The number of likely N-dealkylation sites (N-methyl/N-ethyl adjacent to an activating group) is 1. The van der Waals surface area contributed by atoms with Crippen LogP contribution in [-0.2, 0) is 10.0 Å². The zero-order chi connectivity index (χ0) is 24.5. The van der Waals surface area contributed by atoms with Gasteiger partial charge < -0.3 is 4.90 Å². The van der Waals surface area contributed by atoms with Gasteiger partial charge in [0.05, 0.1) is 15.1 Å². The lowest BCUT2D eigenvalue weighted by molar-refractivity contribution is 0.0983. The SMILES string of the molecule is CCN(CC)CCN(C(=O)c1ccc(S(=O)(=O)N(C)C2CC2)cc1)c1nc2c(C)cccc2s1. The number of hydrogen-bond acceptors (Lipinski definition) is 6. The van der Waals surface area contributed by atoms with Gasteiger partial charge in [0, 0.05) is 31.7 Å². The Bertz CT molecular complexity index is 1260. The Hall–Kier alpha value is -2.33. The van der Waals surface area contributed by atoms with E-state index in [9.17, 15) is 13.2 Å². The molecule has 1 aliphatic carbocycles. The minimum absolute atomic E-state index is 0.0874. The van der Waals surface area contributed by atoms with Crippen LogP contribution in [0.1, 0.15) is 42.6 Å². The number of thiazole rings is 1. The van der Waals surface area contributed by atoms with Crippen LogP contribution in [0.15, 0.2) is 47.4 Å². The number of benzene rings is 2. The summed E-state index contributed by atoms with van der Waals surface area (Å²) in [6, 6.07) is 12.4. The summed E-state index contributed by atoms with van der Waals surface area (Å²) in [5, 5.41) is 0.659. The first kappa shape index (κ1) is 24.8. The molecule has 0 atom stereocenters. The molecule has 2 aromatic carbocycles. The van der Waals surface area contributed by atoms with Gasteiger partial charge in [-0.15, -0.1) is 0 Å². The number of carbonyl (C=O) groups is 1. The lowest BCUT2D eigenvalue weighted by atomic mass is 10.2. The van der Waals surface area contributed by atoms with Crippen LogP contribution in [0.2, 0.25) is 0 Å². The van der Waals surface area contributed by atoms with Crippen molar-refractivity contribution in [3.8, 4) is 0 Å². The second-order valence-corrected chi connectivity index (χ2v) is 11.7. The highest BCUT2D eigenvalue weighted by Gasteiger charge is 2.35. The Morgan fingerprint density at radius 3 is 2.32 bits per heavy atom. The van der Waals surface area contributed by atoms with E-state index in [4.69, 9.17) is 4.98 Å². The van der Waals surface area contributed by atoms with Crippen LogP contribution >= 0.6 is 11.3 Å².